The van der Waals surface area contributed by atoms with Crippen LogP contribution in [0, 0.1) is 18.3 Å². The molecule has 0 aromatic heterocycles. The number of carbonyl (C=O) groups is 1. The van der Waals surface area contributed by atoms with Crippen molar-refractivity contribution < 1.29 is 9.90 Å². The monoisotopic (exact) mass is 289 g/mol. The molecule has 0 radical (unpaired) electrons. The molecule has 0 heterocycles. The molecule has 1 saturated carbocycles. The summed E-state index contributed by atoms with van der Waals surface area (Å²) in [6.45, 7) is 1.41. The van der Waals surface area contributed by atoms with Gasteiger partial charge in [-0.25, -0.2) is 4.79 Å². The van der Waals surface area contributed by atoms with Crippen LogP contribution in [-0.2, 0) is 4.79 Å². The number of aliphatic carboxylic acids is 1. The SMILES string of the molecule is C#CCN(CC1CC1)c1ccc(Cl)cc1/C=C/C(=O)O. The van der Waals surface area contributed by atoms with Gasteiger partial charge in [0.2, 0.25) is 0 Å². The Morgan fingerprint density at radius 2 is 2.30 bits per heavy atom. The van der Waals surface area contributed by atoms with Crippen LogP contribution in [0.3, 0.4) is 0 Å². The maximum absolute atomic E-state index is 10.7. The zero-order valence-electron chi connectivity index (χ0n) is 11.1. The van der Waals surface area contributed by atoms with Crippen LogP contribution in [0.4, 0.5) is 5.69 Å². The topological polar surface area (TPSA) is 40.5 Å². The summed E-state index contributed by atoms with van der Waals surface area (Å²) in [5.74, 6) is 2.36. The lowest BCUT2D eigenvalue weighted by Gasteiger charge is -2.24. The first-order valence-corrected chi connectivity index (χ1v) is 6.87. The van der Waals surface area contributed by atoms with Crippen molar-refractivity contribution in [1.29, 1.82) is 0 Å². The molecule has 0 spiro atoms. The average molecular weight is 290 g/mol. The van der Waals surface area contributed by atoms with Crippen LogP contribution in [0.1, 0.15) is 18.4 Å². The molecule has 1 aliphatic carbocycles. The zero-order valence-corrected chi connectivity index (χ0v) is 11.8. The van der Waals surface area contributed by atoms with E-state index in [1.807, 2.05) is 6.07 Å². The molecular weight excluding hydrogens is 274 g/mol. The molecule has 1 N–H and O–H groups in total. The Balaban J connectivity index is 2.31. The second kappa shape index (κ2) is 6.49. The zero-order chi connectivity index (χ0) is 14.5. The summed E-state index contributed by atoms with van der Waals surface area (Å²) in [5, 5.41) is 9.34. The summed E-state index contributed by atoms with van der Waals surface area (Å²) < 4.78 is 0. The summed E-state index contributed by atoms with van der Waals surface area (Å²) in [5.41, 5.74) is 1.70. The van der Waals surface area contributed by atoms with E-state index in [0.29, 0.717) is 17.5 Å². The molecule has 1 aromatic carbocycles. The molecule has 1 fully saturated rings. The number of halogens is 1. The first-order valence-electron chi connectivity index (χ1n) is 6.49. The lowest BCUT2D eigenvalue weighted by molar-refractivity contribution is -0.131. The lowest BCUT2D eigenvalue weighted by Crippen LogP contribution is -2.26. The summed E-state index contributed by atoms with van der Waals surface area (Å²) in [6, 6.07) is 5.45. The molecule has 104 valence electrons. The third-order valence-corrected chi connectivity index (χ3v) is 3.43. The third kappa shape index (κ3) is 4.04. The van der Waals surface area contributed by atoms with Gasteiger partial charge in [0.25, 0.3) is 0 Å². The fourth-order valence-corrected chi connectivity index (χ4v) is 2.26. The number of rotatable bonds is 6. The van der Waals surface area contributed by atoms with Crippen LogP contribution >= 0.6 is 11.6 Å². The highest BCUT2D eigenvalue weighted by Gasteiger charge is 2.24. The number of hydrogen-bond acceptors (Lipinski definition) is 2. The number of benzene rings is 1. The molecule has 3 nitrogen and oxygen atoms in total. The predicted molar refractivity (Wildman–Crippen MR) is 81.9 cm³/mol. The molecule has 4 heteroatoms. The molecular formula is C16H16ClNO2. The third-order valence-electron chi connectivity index (χ3n) is 3.19. The van der Waals surface area contributed by atoms with Crippen molar-refractivity contribution in [2.24, 2.45) is 5.92 Å². The van der Waals surface area contributed by atoms with Crippen molar-refractivity contribution in [3.05, 3.63) is 34.9 Å². The predicted octanol–water partition coefficient (Wildman–Crippen LogP) is 3.29. The number of carboxylic acids is 1. The molecule has 2 rings (SSSR count). The Bertz CT molecular complexity index is 570. The van der Waals surface area contributed by atoms with Crippen LogP contribution < -0.4 is 4.90 Å². The number of nitrogens with zero attached hydrogens (tertiary/aromatic N) is 1. The van der Waals surface area contributed by atoms with Gasteiger partial charge in [-0.2, -0.15) is 0 Å². The molecule has 0 bridgehead atoms. The van der Waals surface area contributed by atoms with E-state index in [1.165, 1.54) is 12.8 Å². The van der Waals surface area contributed by atoms with Gasteiger partial charge in [0.15, 0.2) is 0 Å². The van der Waals surface area contributed by atoms with E-state index in [2.05, 4.69) is 10.8 Å². The quantitative estimate of drug-likeness (QED) is 0.645. The number of terminal acetylenes is 1. The van der Waals surface area contributed by atoms with Gasteiger partial charge in [-0.1, -0.05) is 17.5 Å². The summed E-state index contributed by atoms with van der Waals surface area (Å²) >= 11 is 5.99. The van der Waals surface area contributed by atoms with Crippen LogP contribution in [0.5, 0.6) is 0 Å². The second-order valence-electron chi connectivity index (χ2n) is 4.90. The number of hydrogen-bond donors (Lipinski definition) is 1. The fourth-order valence-electron chi connectivity index (χ4n) is 2.08. The normalized spacial score (nSPS) is 14.2. The van der Waals surface area contributed by atoms with Crippen molar-refractivity contribution >= 4 is 29.3 Å². The van der Waals surface area contributed by atoms with E-state index in [0.717, 1.165) is 23.9 Å². The van der Waals surface area contributed by atoms with Crippen molar-refractivity contribution in [1.82, 2.24) is 0 Å². The van der Waals surface area contributed by atoms with Crippen LogP contribution in [0.15, 0.2) is 24.3 Å². The van der Waals surface area contributed by atoms with E-state index in [-0.39, 0.29) is 0 Å². The Morgan fingerprint density at radius 1 is 1.55 bits per heavy atom. The van der Waals surface area contributed by atoms with E-state index in [1.54, 1.807) is 18.2 Å². The van der Waals surface area contributed by atoms with Gasteiger partial charge in [0.05, 0.1) is 6.54 Å². The van der Waals surface area contributed by atoms with E-state index >= 15 is 0 Å². The lowest BCUT2D eigenvalue weighted by atomic mass is 10.1. The molecule has 0 unspecified atom stereocenters. The minimum Gasteiger partial charge on any atom is -0.478 e. The van der Waals surface area contributed by atoms with E-state index in [9.17, 15) is 4.79 Å². The molecule has 0 atom stereocenters. The van der Waals surface area contributed by atoms with Crippen LogP contribution in [0.2, 0.25) is 5.02 Å². The fraction of sp³-hybridized carbons (Fsp3) is 0.312. The summed E-state index contributed by atoms with van der Waals surface area (Å²) in [7, 11) is 0. The number of carboxylic acid groups (broad SMARTS) is 1. The standard InChI is InChI=1S/C16H16ClNO2/c1-2-9-18(11-12-3-4-12)15-7-6-14(17)10-13(15)5-8-16(19)20/h1,5-8,10,12H,3-4,9,11H2,(H,19,20)/b8-5+. The largest absolute Gasteiger partial charge is 0.478 e. The maximum atomic E-state index is 10.7. The van der Waals surface area contributed by atoms with Gasteiger partial charge < -0.3 is 10.0 Å². The minimum absolute atomic E-state index is 0.506. The highest BCUT2D eigenvalue weighted by Crippen LogP contribution is 2.33. The van der Waals surface area contributed by atoms with Gasteiger partial charge in [-0.05, 0) is 48.6 Å². The Hall–Kier alpha value is -1.92. The molecule has 0 aliphatic heterocycles. The van der Waals surface area contributed by atoms with E-state index in [4.69, 9.17) is 23.1 Å². The van der Waals surface area contributed by atoms with Gasteiger partial charge in [-0.3, -0.25) is 0 Å². The molecule has 20 heavy (non-hydrogen) atoms. The highest BCUT2D eigenvalue weighted by atomic mass is 35.5. The molecule has 1 aromatic rings. The maximum Gasteiger partial charge on any atom is 0.328 e. The van der Waals surface area contributed by atoms with Gasteiger partial charge in [0, 0.05) is 23.3 Å². The molecule has 0 saturated heterocycles. The van der Waals surface area contributed by atoms with Crippen molar-refractivity contribution in [3.63, 3.8) is 0 Å². The smallest absolute Gasteiger partial charge is 0.328 e. The van der Waals surface area contributed by atoms with Gasteiger partial charge >= 0.3 is 5.97 Å². The van der Waals surface area contributed by atoms with Crippen molar-refractivity contribution in [2.45, 2.75) is 12.8 Å². The first kappa shape index (κ1) is 14.5. The summed E-state index contributed by atoms with van der Waals surface area (Å²) in [4.78, 5) is 12.8. The first-order chi connectivity index (χ1) is 9.60. The molecule has 0 amide bonds. The van der Waals surface area contributed by atoms with Gasteiger partial charge in [0.1, 0.15) is 0 Å². The average Bonchev–Trinajstić information content (AvgIpc) is 3.20. The second-order valence-corrected chi connectivity index (χ2v) is 5.34. The van der Waals surface area contributed by atoms with Crippen LogP contribution in [0.25, 0.3) is 6.08 Å². The molecule has 1 aliphatic rings. The Kier molecular flexibility index (Phi) is 4.70. The van der Waals surface area contributed by atoms with Crippen LogP contribution in [-0.4, -0.2) is 24.2 Å². The van der Waals surface area contributed by atoms with Crippen molar-refractivity contribution in [2.75, 3.05) is 18.0 Å². The minimum atomic E-state index is -0.985. The highest BCUT2D eigenvalue weighted by molar-refractivity contribution is 6.30. The number of anilines is 1. The van der Waals surface area contributed by atoms with Crippen molar-refractivity contribution in [3.8, 4) is 12.3 Å². The van der Waals surface area contributed by atoms with Gasteiger partial charge in [-0.15, -0.1) is 6.42 Å². The Morgan fingerprint density at radius 3 is 2.90 bits per heavy atom. The summed E-state index contributed by atoms with van der Waals surface area (Å²) in [6.07, 6.45) is 10.6. The van der Waals surface area contributed by atoms with E-state index < -0.39 is 5.97 Å². The Labute approximate surface area is 123 Å².